The number of fused-ring (bicyclic) bond motifs is 4. The molecule has 1 aromatic carbocycles. The van der Waals surface area contributed by atoms with Crippen molar-refractivity contribution in [1.29, 1.82) is 0 Å². The van der Waals surface area contributed by atoms with Crippen LogP contribution < -0.4 is 11.2 Å². The van der Waals surface area contributed by atoms with Crippen molar-refractivity contribution in [2.45, 2.75) is 63.9 Å². The topological polar surface area (TPSA) is 65.1 Å². The largest absolute Gasteiger partial charge is 0.422 e. The molecular weight excluding hydrogens is 428 g/mol. The molecule has 1 aliphatic rings. The second kappa shape index (κ2) is 7.95. The number of benzene rings is 1. The summed E-state index contributed by atoms with van der Waals surface area (Å²) >= 11 is 3.19. The van der Waals surface area contributed by atoms with Crippen LogP contribution in [0, 0.1) is 13.8 Å². The molecule has 0 unspecified atom stereocenters. The first-order valence-corrected chi connectivity index (χ1v) is 12.5. The van der Waals surface area contributed by atoms with Crippen molar-refractivity contribution in [3.8, 4) is 0 Å². The lowest BCUT2D eigenvalue weighted by molar-refractivity contribution is 0.557. The molecule has 0 atom stereocenters. The fraction of sp³-hybridized carbons (Fsp3) is 0.375. The number of hydrogen-bond donors (Lipinski definition) is 0. The van der Waals surface area contributed by atoms with E-state index in [1.807, 2.05) is 32.9 Å². The molecule has 0 saturated heterocycles. The summed E-state index contributed by atoms with van der Waals surface area (Å²) in [5.74, 6) is 0.549. The molecule has 0 fully saturated rings. The van der Waals surface area contributed by atoms with E-state index in [9.17, 15) is 9.59 Å². The summed E-state index contributed by atoms with van der Waals surface area (Å²) in [5.41, 5.74) is 4.56. The Balaban J connectivity index is 1.58. The van der Waals surface area contributed by atoms with Crippen molar-refractivity contribution < 1.29 is 4.42 Å². The highest BCUT2D eigenvalue weighted by molar-refractivity contribution is 7.98. The molecule has 0 spiro atoms. The van der Waals surface area contributed by atoms with E-state index in [1.165, 1.54) is 28.6 Å². The fourth-order valence-corrected chi connectivity index (χ4v) is 6.75. The van der Waals surface area contributed by atoms with E-state index in [4.69, 9.17) is 9.40 Å². The van der Waals surface area contributed by atoms with E-state index >= 15 is 0 Å². The van der Waals surface area contributed by atoms with E-state index in [2.05, 4.69) is 0 Å². The number of rotatable bonds is 4. The summed E-state index contributed by atoms with van der Waals surface area (Å²) < 4.78 is 7.28. The standard InChI is InChI=1S/C24H24N2O3S2/c1-4-26-23(28)20-17-7-5-6-8-18(17)31-22(20)25-24(26)30-12-15-11-19(27)29-21-14(3)13(2)9-10-16(15)21/h9-11H,4-8,12H2,1-3H3. The van der Waals surface area contributed by atoms with E-state index in [-0.39, 0.29) is 11.2 Å². The number of thioether (sulfide) groups is 1. The maximum absolute atomic E-state index is 13.3. The Hall–Kier alpha value is -2.38. The first-order valence-electron chi connectivity index (χ1n) is 10.7. The lowest BCUT2D eigenvalue weighted by Gasteiger charge is -2.13. The average Bonchev–Trinajstić information content (AvgIpc) is 3.13. The highest BCUT2D eigenvalue weighted by Gasteiger charge is 2.22. The summed E-state index contributed by atoms with van der Waals surface area (Å²) in [6.45, 7) is 6.54. The van der Waals surface area contributed by atoms with E-state index in [0.29, 0.717) is 23.0 Å². The lowest BCUT2D eigenvalue weighted by Crippen LogP contribution is -2.23. The minimum Gasteiger partial charge on any atom is -0.422 e. The predicted molar refractivity (Wildman–Crippen MR) is 128 cm³/mol. The van der Waals surface area contributed by atoms with Crippen molar-refractivity contribution in [3.05, 3.63) is 66.1 Å². The third-order valence-electron chi connectivity index (χ3n) is 6.23. The monoisotopic (exact) mass is 452 g/mol. The van der Waals surface area contributed by atoms with Gasteiger partial charge in [0.25, 0.3) is 5.56 Å². The van der Waals surface area contributed by atoms with Crippen molar-refractivity contribution in [3.63, 3.8) is 0 Å². The zero-order chi connectivity index (χ0) is 21.7. The van der Waals surface area contributed by atoms with Crippen LogP contribution in [0.15, 0.2) is 37.4 Å². The van der Waals surface area contributed by atoms with Gasteiger partial charge in [-0.3, -0.25) is 9.36 Å². The summed E-state index contributed by atoms with van der Waals surface area (Å²) in [4.78, 5) is 32.6. The second-order valence-corrected chi connectivity index (χ2v) is 10.1. The van der Waals surface area contributed by atoms with Gasteiger partial charge in [-0.1, -0.05) is 23.9 Å². The minimum absolute atomic E-state index is 0.0679. The molecule has 5 rings (SSSR count). The van der Waals surface area contributed by atoms with Gasteiger partial charge in [0.15, 0.2) is 5.16 Å². The van der Waals surface area contributed by atoms with Crippen molar-refractivity contribution in [2.75, 3.05) is 0 Å². The first-order chi connectivity index (χ1) is 15.0. The molecule has 1 aliphatic carbocycles. The normalized spacial score (nSPS) is 13.8. The van der Waals surface area contributed by atoms with Gasteiger partial charge < -0.3 is 4.42 Å². The van der Waals surface area contributed by atoms with Gasteiger partial charge in [-0.05, 0) is 68.7 Å². The van der Waals surface area contributed by atoms with Gasteiger partial charge in [-0.2, -0.15) is 0 Å². The van der Waals surface area contributed by atoms with Crippen LogP contribution in [0.5, 0.6) is 0 Å². The quantitative estimate of drug-likeness (QED) is 0.237. The van der Waals surface area contributed by atoms with Crippen molar-refractivity contribution in [1.82, 2.24) is 9.55 Å². The molecule has 31 heavy (non-hydrogen) atoms. The van der Waals surface area contributed by atoms with Crippen LogP contribution >= 0.6 is 23.1 Å². The number of aryl methyl sites for hydroxylation is 4. The molecule has 3 heterocycles. The van der Waals surface area contributed by atoms with Crippen LogP contribution in [-0.2, 0) is 25.1 Å². The molecular formula is C24H24N2O3S2. The summed E-state index contributed by atoms with van der Waals surface area (Å²) in [5, 5.41) is 2.47. The van der Waals surface area contributed by atoms with E-state index < -0.39 is 0 Å². The van der Waals surface area contributed by atoms with Gasteiger partial charge in [0.1, 0.15) is 10.4 Å². The van der Waals surface area contributed by atoms with Gasteiger partial charge in [-0.25, -0.2) is 9.78 Å². The molecule has 7 heteroatoms. The van der Waals surface area contributed by atoms with Gasteiger partial charge in [0.05, 0.1) is 5.39 Å². The van der Waals surface area contributed by atoms with E-state index in [1.54, 1.807) is 22.0 Å². The van der Waals surface area contributed by atoms with Gasteiger partial charge in [-0.15, -0.1) is 11.3 Å². The van der Waals surface area contributed by atoms with Crippen molar-refractivity contribution in [2.24, 2.45) is 0 Å². The molecule has 3 aromatic heterocycles. The Bertz CT molecular complexity index is 1450. The maximum atomic E-state index is 13.3. The molecule has 4 aromatic rings. The molecule has 0 saturated carbocycles. The molecule has 5 nitrogen and oxygen atoms in total. The number of hydrogen-bond acceptors (Lipinski definition) is 6. The van der Waals surface area contributed by atoms with Crippen LogP contribution in [0.25, 0.3) is 21.2 Å². The SMILES string of the molecule is CCn1c(SCc2cc(=O)oc3c(C)c(C)ccc23)nc2sc3c(c2c1=O)CCCC3. The zero-order valence-electron chi connectivity index (χ0n) is 17.9. The highest BCUT2D eigenvalue weighted by atomic mass is 32.2. The lowest BCUT2D eigenvalue weighted by atomic mass is 9.97. The van der Waals surface area contributed by atoms with E-state index in [0.717, 1.165) is 51.6 Å². The van der Waals surface area contributed by atoms with Crippen LogP contribution in [-0.4, -0.2) is 9.55 Å². The van der Waals surface area contributed by atoms with Crippen LogP contribution in [0.1, 0.15) is 46.9 Å². The number of aromatic nitrogens is 2. The predicted octanol–water partition coefficient (Wildman–Crippen LogP) is 5.37. The number of nitrogens with zero attached hydrogens (tertiary/aromatic N) is 2. The Kier molecular flexibility index (Phi) is 5.26. The fourth-order valence-electron chi connectivity index (χ4n) is 4.40. The van der Waals surface area contributed by atoms with Crippen LogP contribution in [0.4, 0.5) is 0 Å². The molecule has 0 N–H and O–H groups in total. The highest BCUT2D eigenvalue weighted by Crippen LogP contribution is 2.35. The molecule has 0 aliphatic heterocycles. The van der Waals surface area contributed by atoms with Crippen LogP contribution in [0.2, 0.25) is 0 Å². The zero-order valence-corrected chi connectivity index (χ0v) is 19.5. The van der Waals surface area contributed by atoms with Gasteiger partial charge in [0.2, 0.25) is 0 Å². The molecule has 0 bridgehead atoms. The average molecular weight is 453 g/mol. The third-order valence-corrected chi connectivity index (χ3v) is 8.44. The van der Waals surface area contributed by atoms with Gasteiger partial charge in [0, 0.05) is 28.6 Å². The Morgan fingerprint density at radius 3 is 2.81 bits per heavy atom. The first kappa shape index (κ1) is 20.5. The molecule has 0 radical (unpaired) electrons. The summed E-state index contributed by atoms with van der Waals surface area (Å²) in [7, 11) is 0. The third kappa shape index (κ3) is 3.44. The second-order valence-electron chi connectivity index (χ2n) is 8.10. The Morgan fingerprint density at radius 2 is 2.00 bits per heavy atom. The molecule has 0 amide bonds. The minimum atomic E-state index is -0.348. The Morgan fingerprint density at radius 1 is 1.19 bits per heavy atom. The smallest absolute Gasteiger partial charge is 0.336 e. The van der Waals surface area contributed by atoms with Gasteiger partial charge >= 0.3 is 5.63 Å². The molecule has 160 valence electrons. The van der Waals surface area contributed by atoms with Crippen molar-refractivity contribution >= 4 is 44.3 Å². The van der Waals surface area contributed by atoms with Crippen LogP contribution in [0.3, 0.4) is 0 Å². The summed E-state index contributed by atoms with van der Waals surface area (Å²) in [6.07, 6.45) is 4.36. The summed E-state index contributed by atoms with van der Waals surface area (Å²) in [6, 6.07) is 5.61. The number of thiophene rings is 1. The Labute approximate surface area is 188 Å². The maximum Gasteiger partial charge on any atom is 0.336 e.